The van der Waals surface area contributed by atoms with Gasteiger partial charge in [-0.15, -0.1) is 0 Å². The Kier molecular flexibility index (Phi) is 17.4. The molecule has 0 amide bonds. The van der Waals surface area contributed by atoms with Gasteiger partial charge in [0.15, 0.2) is 23.0 Å². The van der Waals surface area contributed by atoms with Crippen LogP contribution >= 0.6 is 0 Å². The molecule has 54 heavy (non-hydrogen) atoms. The molecule has 8 heteroatoms. The van der Waals surface area contributed by atoms with Crippen molar-refractivity contribution in [1.29, 1.82) is 0 Å². The molecule has 0 aromatic heterocycles. The highest BCUT2D eigenvalue weighted by Crippen LogP contribution is 2.33. The third-order valence-corrected chi connectivity index (χ3v) is 12.6. The van der Waals surface area contributed by atoms with E-state index in [4.69, 9.17) is 18.9 Å². The second-order valence-corrected chi connectivity index (χ2v) is 16.9. The van der Waals surface area contributed by atoms with Crippen molar-refractivity contribution < 1.29 is 18.9 Å². The van der Waals surface area contributed by atoms with Gasteiger partial charge in [-0.1, -0.05) is 51.7 Å². The molecule has 0 spiro atoms. The van der Waals surface area contributed by atoms with Gasteiger partial charge in [0.25, 0.3) is 0 Å². The van der Waals surface area contributed by atoms with E-state index in [-0.39, 0.29) is 0 Å². The number of ether oxygens (including phenoxy) is 4. The van der Waals surface area contributed by atoms with Crippen LogP contribution in [0.5, 0.6) is 23.0 Å². The highest BCUT2D eigenvalue weighted by Gasteiger charge is 2.19. The Hall–Kier alpha value is -2.52. The maximum Gasteiger partial charge on any atom is 0.161 e. The Morgan fingerprint density at radius 2 is 0.667 bits per heavy atom. The number of likely N-dealkylation sites (tertiary alicyclic amines) is 4. The molecule has 2 unspecified atom stereocenters. The number of hydrogen-bond donors (Lipinski definition) is 0. The first-order valence-electron chi connectivity index (χ1n) is 22.3. The van der Waals surface area contributed by atoms with E-state index in [9.17, 15) is 0 Å². The lowest BCUT2D eigenvalue weighted by Gasteiger charge is -2.27. The molecular formula is C46H74N4O4. The molecule has 0 N–H and O–H groups in total. The zero-order valence-corrected chi connectivity index (χ0v) is 34.3. The van der Waals surface area contributed by atoms with Crippen LogP contribution in [0.25, 0.3) is 0 Å². The fourth-order valence-electron chi connectivity index (χ4n) is 8.84. The van der Waals surface area contributed by atoms with Gasteiger partial charge in [0.05, 0.1) is 0 Å². The lowest BCUT2D eigenvalue weighted by atomic mass is 9.85. The molecule has 8 nitrogen and oxygen atoms in total. The number of benzene rings is 2. The van der Waals surface area contributed by atoms with Gasteiger partial charge in [-0.25, -0.2) is 0 Å². The van der Waals surface area contributed by atoms with E-state index in [1.807, 2.05) is 0 Å². The summed E-state index contributed by atoms with van der Waals surface area (Å²) in [6, 6.07) is 13.4. The van der Waals surface area contributed by atoms with Crippen molar-refractivity contribution in [2.45, 2.75) is 104 Å². The number of rotatable bonds is 21. The van der Waals surface area contributed by atoms with E-state index >= 15 is 0 Å². The van der Waals surface area contributed by atoms with Crippen LogP contribution in [0.3, 0.4) is 0 Å². The van der Waals surface area contributed by atoms with Crippen LogP contribution in [-0.4, -0.2) is 125 Å². The van der Waals surface area contributed by atoms with E-state index in [0.717, 1.165) is 62.0 Å². The van der Waals surface area contributed by atoms with Crippen LogP contribution in [0.1, 0.15) is 102 Å². The standard InChI is InChI=1S/C46H74N4O4/c1-39(35-41-15-17-43(51-31-27-47-19-7-3-8-20-47)45(37-41)53-33-29-49-23-11-5-12-24-49)40(2)36-42-16-18-44(52-32-28-48-21-9-4-10-22-48)46(38-42)54-34-30-50-25-13-6-14-26-50/h15-18,37-40H,3-14,19-36H2,1-2H3. The molecule has 0 saturated carbocycles. The van der Waals surface area contributed by atoms with Crippen molar-refractivity contribution in [3.63, 3.8) is 0 Å². The van der Waals surface area contributed by atoms with Gasteiger partial charge in [-0.2, -0.15) is 0 Å². The van der Waals surface area contributed by atoms with E-state index in [2.05, 4.69) is 69.8 Å². The van der Waals surface area contributed by atoms with Crippen molar-refractivity contribution >= 4 is 0 Å². The van der Waals surface area contributed by atoms with E-state index < -0.39 is 0 Å². The molecule has 0 bridgehead atoms. The lowest BCUT2D eigenvalue weighted by Crippen LogP contribution is -2.33. The van der Waals surface area contributed by atoms with Gasteiger partial charge in [-0.05, 0) is 164 Å². The summed E-state index contributed by atoms with van der Waals surface area (Å²) in [6.07, 6.45) is 17.9. The molecule has 4 fully saturated rings. The van der Waals surface area contributed by atoms with Crippen molar-refractivity contribution in [1.82, 2.24) is 19.6 Å². The number of nitrogens with zero attached hydrogens (tertiary/aromatic N) is 4. The molecule has 4 aliphatic heterocycles. The summed E-state index contributed by atoms with van der Waals surface area (Å²) in [5, 5.41) is 0. The predicted molar refractivity (Wildman–Crippen MR) is 222 cm³/mol. The van der Waals surface area contributed by atoms with E-state index in [1.165, 1.54) is 141 Å². The zero-order valence-electron chi connectivity index (χ0n) is 34.3. The first-order chi connectivity index (χ1) is 26.6. The van der Waals surface area contributed by atoms with E-state index in [1.54, 1.807) is 0 Å². The van der Waals surface area contributed by atoms with Crippen molar-refractivity contribution in [2.75, 3.05) is 105 Å². The second-order valence-electron chi connectivity index (χ2n) is 16.9. The molecule has 4 heterocycles. The Balaban J connectivity index is 1.05. The predicted octanol–water partition coefficient (Wildman–Crippen LogP) is 8.20. The summed E-state index contributed by atoms with van der Waals surface area (Å²) < 4.78 is 25.8. The van der Waals surface area contributed by atoms with Crippen LogP contribution in [0.4, 0.5) is 0 Å². The van der Waals surface area contributed by atoms with Crippen LogP contribution in [-0.2, 0) is 12.8 Å². The van der Waals surface area contributed by atoms with E-state index in [0.29, 0.717) is 38.3 Å². The average Bonchev–Trinajstić information content (AvgIpc) is 3.21. The van der Waals surface area contributed by atoms with Gasteiger partial charge >= 0.3 is 0 Å². The smallest absolute Gasteiger partial charge is 0.161 e. The van der Waals surface area contributed by atoms with Gasteiger partial charge in [0, 0.05) is 26.2 Å². The third-order valence-electron chi connectivity index (χ3n) is 12.6. The molecule has 302 valence electrons. The van der Waals surface area contributed by atoms with Gasteiger partial charge in [-0.3, -0.25) is 19.6 Å². The highest BCUT2D eigenvalue weighted by atomic mass is 16.5. The summed E-state index contributed by atoms with van der Waals surface area (Å²) in [6.45, 7) is 21.1. The zero-order chi connectivity index (χ0) is 37.2. The fraction of sp³-hybridized carbons (Fsp3) is 0.739. The molecule has 4 saturated heterocycles. The Morgan fingerprint density at radius 1 is 0.389 bits per heavy atom. The van der Waals surface area contributed by atoms with Crippen molar-refractivity contribution in [3.8, 4) is 23.0 Å². The van der Waals surface area contributed by atoms with Crippen LogP contribution in [0, 0.1) is 11.8 Å². The SMILES string of the molecule is CC(Cc1ccc(OCCN2CCCCC2)c(OCCN2CCCCC2)c1)C(C)Cc1ccc(OCCN2CCCCC2)c(OCCN2CCCCC2)c1. The minimum atomic E-state index is 0.501. The minimum Gasteiger partial charge on any atom is -0.488 e. The Bertz CT molecular complexity index is 1230. The quantitative estimate of drug-likeness (QED) is 0.127. The van der Waals surface area contributed by atoms with Crippen molar-refractivity contribution in [2.24, 2.45) is 11.8 Å². The first kappa shape index (κ1) is 41.1. The second kappa shape index (κ2) is 22.9. The normalized spacial score (nSPS) is 20.7. The molecule has 0 radical (unpaired) electrons. The van der Waals surface area contributed by atoms with Gasteiger partial charge in [0.2, 0.25) is 0 Å². The van der Waals surface area contributed by atoms with Crippen LogP contribution < -0.4 is 18.9 Å². The molecule has 4 aliphatic rings. The summed E-state index contributed by atoms with van der Waals surface area (Å²) in [4.78, 5) is 10.2. The summed E-state index contributed by atoms with van der Waals surface area (Å²) >= 11 is 0. The average molecular weight is 747 g/mol. The topological polar surface area (TPSA) is 49.9 Å². The molecule has 2 aromatic rings. The maximum absolute atomic E-state index is 6.51. The van der Waals surface area contributed by atoms with Crippen LogP contribution in [0.2, 0.25) is 0 Å². The minimum absolute atomic E-state index is 0.501. The Morgan fingerprint density at radius 3 is 0.963 bits per heavy atom. The molecule has 6 rings (SSSR count). The molecule has 0 aliphatic carbocycles. The summed E-state index contributed by atoms with van der Waals surface area (Å²) in [5.41, 5.74) is 2.65. The number of hydrogen-bond acceptors (Lipinski definition) is 8. The molecule has 2 atom stereocenters. The summed E-state index contributed by atoms with van der Waals surface area (Å²) in [5.74, 6) is 4.60. The first-order valence-corrected chi connectivity index (χ1v) is 22.3. The highest BCUT2D eigenvalue weighted by molar-refractivity contribution is 5.44. The third kappa shape index (κ3) is 13.9. The van der Waals surface area contributed by atoms with Crippen molar-refractivity contribution in [3.05, 3.63) is 47.5 Å². The monoisotopic (exact) mass is 747 g/mol. The lowest BCUT2D eigenvalue weighted by molar-refractivity contribution is 0.168. The fourth-order valence-corrected chi connectivity index (χ4v) is 8.84. The summed E-state index contributed by atoms with van der Waals surface area (Å²) in [7, 11) is 0. The van der Waals surface area contributed by atoms with Gasteiger partial charge < -0.3 is 18.9 Å². The molecule has 2 aromatic carbocycles. The van der Waals surface area contributed by atoms with Crippen LogP contribution in [0.15, 0.2) is 36.4 Å². The largest absolute Gasteiger partial charge is 0.488 e. The Labute approximate surface area is 328 Å². The van der Waals surface area contributed by atoms with Gasteiger partial charge in [0.1, 0.15) is 26.4 Å². The maximum atomic E-state index is 6.51. The number of piperidine rings is 4. The molecular weight excluding hydrogens is 673 g/mol.